The van der Waals surface area contributed by atoms with Crippen LogP contribution in [0.5, 0.6) is 0 Å². The molecule has 1 aromatic rings. The van der Waals surface area contributed by atoms with Crippen molar-refractivity contribution in [3.05, 3.63) is 16.1 Å². The highest BCUT2D eigenvalue weighted by atomic mass is 35.5. The maximum atomic E-state index is 12.6. The highest BCUT2D eigenvalue weighted by Crippen LogP contribution is 2.23. The number of rotatable bonds is 9. The van der Waals surface area contributed by atoms with Crippen molar-refractivity contribution < 1.29 is 9.59 Å². The molecule has 0 aliphatic heterocycles. The van der Waals surface area contributed by atoms with Gasteiger partial charge in [0.1, 0.15) is 10.7 Å². The van der Waals surface area contributed by atoms with Crippen LogP contribution in [0.15, 0.2) is 5.38 Å². The number of hydrogen-bond acceptors (Lipinski definition) is 4. The summed E-state index contributed by atoms with van der Waals surface area (Å²) in [5, 5.41) is 5.30. The van der Waals surface area contributed by atoms with Crippen molar-refractivity contribution >= 4 is 34.8 Å². The average molecular weight is 360 g/mol. The van der Waals surface area contributed by atoms with Crippen molar-refractivity contribution in [1.29, 1.82) is 0 Å². The standard InChI is InChI=1S/C16H26ClN3O2S/c1-5-7-18-14(21)12-10-23-13(19-12)9-20(8-6-2)15(22)16(3,4)11-17/h10H,5-9,11H2,1-4H3,(H,18,21). The van der Waals surface area contributed by atoms with Gasteiger partial charge in [-0.15, -0.1) is 22.9 Å². The number of halogens is 1. The van der Waals surface area contributed by atoms with Gasteiger partial charge in [-0.3, -0.25) is 9.59 Å². The van der Waals surface area contributed by atoms with Crippen LogP contribution in [0.1, 0.15) is 56.0 Å². The van der Waals surface area contributed by atoms with E-state index in [9.17, 15) is 9.59 Å². The summed E-state index contributed by atoms with van der Waals surface area (Å²) in [5.74, 6) is 0.125. The first-order valence-corrected chi connectivity index (χ1v) is 9.35. The molecule has 0 aliphatic carbocycles. The lowest BCUT2D eigenvalue weighted by Crippen LogP contribution is -2.42. The fourth-order valence-corrected chi connectivity index (χ4v) is 2.89. The number of alkyl halides is 1. The van der Waals surface area contributed by atoms with Gasteiger partial charge in [-0.25, -0.2) is 4.98 Å². The van der Waals surface area contributed by atoms with Crippen molar-refractivity contribution in [2.24, 2.45) is 5.41 Å². The van der Waals surface area contributed by atoms with E-state index in [2.05, 4.69) is 10.3 Å². The van der Waals surface area contributed by atoms with Gasteiger partial charge in [-0.05, 0) is 26.7 Å². The van der Waals surface area contributed by atoms with E-state index in [1.165, 1.54) is 11.3 Å². The van der Waals surface area contributed by atoms with Gasteiger partial charge >= 0.3 is 0 Å². The lowest BCUT2D eigenvalue weighted by Gasteiger charge is -2.29. The van der Waals surface area contributed by atoms with E-state index >= 15 is 0 Å². The molecule has 0 radical (unpaired) electrons. The molecule has 1 N–H and O–H groups in total. The number of nitrogens with zero attached hydrogens (tertiary/aromatic N) is 2. The van der Waals surface area contributed by atoms with E-state index < -0.39 is 5.41 Å². The Kier molecular flexibility index (Phi) is 7.99. The van der Waals surface area contributed by atoms with Gasteiger partial charge in [-0.2, -0.15) is 0 Å². The summed E-state index contributed by atoms with van der Waals surface area (Å²) in [6, 6.07) is 0. The van der Waals surface area contributed by atoms with Crippen LogP contribution >= 0.6 is 22.9 Å². The molecule has 0 bridgehead atoms. The van der Waals surface area contributed by atoms with Crippen LogP contribution in [0.4, 0.5) is 0 Å². The first kappa shape index (κ1) is 19.9. The molecular weight excluding hydrogens is 334 g/mol. The Hall–Kier alpha value is -1.14. The molecule has 0 unspecified atom stereocenters. The maximum Gasteiger partial charge on any atom is 0.270 e. The van der Waals surface area contributed by atoms with Gasteiger partial charge in [0.2, 0.25) is 5.91 Å². The third-order valence-electron chi connectivity index (χ3n) is 3.34. The molecule has 2 amide bonds. The highest BCUT2D eigenvalue weighted by molar-refractivity contribution is 7.09. The second-order valence-electron chi connectivity index (χ2n) is 6.13. The van der Waals surface area contributed by atoms with E-state index in [-0.39, 0.29) is 17.7 Å². The van der Waals surface area contributed by atoms with E-state index in [1.807, 2.05) is 27.7 Å². The number of thiazole rings is 1. The summed E-state index contributed by atoms with van der Waals surface area (Å²) < 4.78 is 0. The topological polar surface area (TPSA) is 62.3 Å². The highest BCUT2D eigenvalue weighted by Gasteiger charge is 2.31. The number of carbonyl (C=O) groups excluding carboxylic acids is 2. The molecule has 0 saturated carbocycles. The molecule has 0 atom stereocenters. The van der Waals surface area contributed by atoms with Gasteiger partial charge in [0.15, 0.2) is 0 Å². The fourth-order valence-electron chi connectivity index (χ4n) is 1.99. The first-order chi connectivity index (χ1) is 10.9. The lowest BCUT2D eigenvalue weighted by molar-refractivity contribution is -0.139. The second kappa shape index (κ2) is 9.23. The van der Waals surface area contributed by atoms with Crippen LogP contribution in [-0.2, 0) is 11.3 Å². The predicted octanol–water partition coefficient (Wildman–Crippen LogP) is 3.29. The Bertz CT molecular complexity index is 531. The van der Waals surface area contributed by atoms with Crippen LogP contribution in [0.2, 0.25) is 0 Å². The minimum atomic E-state index is -0.602. The zero-order valence-electron chi connectivity index (χ0n) is 14.3. The third-order valence-corrected chi connectivity index (χ3v) is 4.84. The second-order valence-corrected chi connectivity index (χ2v) is 7.34. The molecule has 5 nitrogen and oxygen atoms in total. The van der Waals surface area contributed by atoms with Crippen molar-refractivity contribution in [2.45, 2.75) is 47.1 Å². The minimum absolute atomic E-state index is 0.0153. The smallest absolute Gasteiger partial charge is 0.270 e. The number of aromatic nitrogens is 1. The maximum absolute atomic E-state index is 12.6. The molecule has 0 saturated heterocycles. The molecule has 7 heteroatoms. The van der Waals surface area contributed by atoms with E-state index in [0.717, 1.165) is 17.8 Å². The number of carbonyl (C=O) groups is 2. The van der Waals surface area contributed by atoms with Gasteiger partial charge in [-0.1, -0.05) is 13.8 Å². The van der Waals surface area contributed by atoms with Crippen molar-refractivity contribution in [3.63, 3.8) is 0 Å². The molecule has 0 spiro atoms. The first-order valence-electron chi connectivity index (χ1n) is 7.93. The molecule has 1 rings (SSSR count). The molecule has 1 aromatic heterocycles. The predicted molar refractivity (Wildman–Crippen MR) is 94.9 cm³/mol. The summed E-state index contributed by atoms with van der Waals surface area (Å²) in [4.78, 5) is 30.6. The van der Waals surface area contributed by atoms with Crippen molar-refractivity contribution in [1.82, 2.24) is 15.2 Å². The monoisotopic (exact) mass is 359 g/mol. The SMILES string of the molecule is CCCNC(=O)c1csc(CN(CCC)C(=O)C(C)(C)CCl)n1. The Morgan fingerprint density at radius 3 is 2.61 bits per heavy atom. The van der Waals surface area contributed by atoms with Crippen LogP contribution in [0, 0.1) is 5.41 Å². The fraction of sp³-hybridized carbons (Fsp3) is 0.688. The molecule has 0 aliphatic rings. The Balaban J connectivity index is 2.80. The third kappa shape index (κ3) is 5.77. The average Bonchev–Trinajstić information content (AvgIpc) is 3.00. The largest absolute Gasteiger partial charge is 0.351 e. The zero-order valence-corrected chi connectivity index (χ0v) is 15.9. The Labute approximate surface area is 147 Å². The summed E-state index contributed by atoms with van der Waals surface area (Å²) in [6.07, 6.45) is 1.74. The summed E-state index contributed by atoms with van der Waals surface area (Å²) in [7, 11) is 0. The summed E-state index contributed by atoms with van der Waals surface area (Å²) >= 11 is 7.32. The minimum Gasteiger partial charge on any atom is -0.351 e. The van der Waals surface area contributed by atoms with Crippen LogP contribution in [0.3, 0.4) is 0 Å². The summed E-state index contributed by atoms with van der Waals surface area (Å²) in [5.41, 5.74) is -0.186. The summed E-state index contributed by atoms with van der Waals surface area (Å²) in [6.45, 7) is 9.41. The zero-order chi connectivity index (χ0) is 17.5. The van der Waals surface area contributed by atoms with Crippen LogP contribution < -0.4 is 5.32 Å². The molecule has 0 aromatic carbocycles. The molecule has 1 heterocycles. The number of nitrogens with one attached hydrogen (secondary N) is 1. The van der Waals surface area contributed by atoms with Crippen molar-refractivity contribution in [3.8, 4) is 0 Å². The lowest BCUT2D eigenvalue weighted by atomic mass is 9.94. The van der Waals surface area contributed by atoms with Gasteiger partial charge in [0.25, 0.3) is 5.91 Å². The number of amides is 2. The molecule has 0 fully saturated rings. The Morgan fingerprint density at radius 1 is 1.35 bits per heavy atom. The number of hydrogen-bond donors (Lipinski definition) is 1. The Morgan fingerprint density at radius 2 is 2.04 bits per heavy atom. The van der Waals surface area contributed by atoms with Crippen LogP contribution in [-0.4, -0.2) is 40.7 Å². The van der Waals surface area contributed by atoms with E-state index in [4.69, 9.17) is 11.6 Å². The van der Waals surface area contributed by atoms with Gasteiger partial charge in [0.05, 0.1) is 12.0 Å². The van der Waals surface area contributed by atoms with Gasteiger partial charge < -0.3 is 10.2 Å². The van der Waals surface area contributed by atoms with Crippen molar-refractivity contribution in [2.75, 3.05) is 19.0 Å². The molecule has 23 heavy (non-hydrogen) atoms. The van der Waals surface area contributed by atoms with E-state index in [1.54, 1.807) is 10.3 Å². The van der Waals surface area contributed by atoms with Crippen LogP contribution in [0.25, 0.3) is 0 Å². The molecular formula is C16H26ClN3O2S. The normalized spacial score (nSPS) is 11.3. The molecule has 130 valence electrons. The van der Waals surface area contributed by atoms with E-state index in [0.29, 0.717) is 25.3 Å². The van der Waals surface area contributed by atoms with Gasteiger partial charge in [0, 0.05) is 24.3 Å². The quantitative estimate of drug-likeness (QED) is 0.688.